The van der Waals surface area contributed by atoms with Crippen molar-refractivity contribution in [3.8, 4) is 0 Å². The maximum atomic E-state index is 12.1. The first kappa shape index (κ1) is 11.7. The van der Waals surface area contributed by atoms with E-state index < -0.39 is 0 Å². The number of aliphatic hydroxyl groups excluding tert-OH is 1. The molecule has 0 radical (unpaired) electrons. The van der Waals surface area contributed by atoms with Gasteiger partial charge >= 0.3 is 0 Å². The van der Waals surface area contributed by atoms with Gasteiger partial charge < -0.3 is 14.6 Å². The van der Waals surface area contributed by atoms with Crippen molar-refractivity contribution in [2.75, 3.05) is 20.2 Å². The summed E-state index contributed by atoms with van der Waals surface area (Å²) in [5.74, 6) is 1.92. The molecule has 4 heteroatoms. The first-order valence-electron chi connectivity index (χ1n) is 7.21. The second-order valence-corrected chi connectivity index (χ2v) is 6.43. The van der Waals surface area contributed by atoms with E-state index in [4.69, 9.17) is 0 Å². The standard InChI is InChI=1S/C15H20N2O2/c1-16-6-10-12-3-2-4-14(19)17(12)7-11-13(16)5-9(8-18)15(10)11/h2-4,9-11,13,15,18H,5-8H2,1H3/t9?,10-,11-,13?,15+/m1/s1. The first-order chi connectivity index (χ1) is 9.20. The van der Waals surface area contributed by atoms with E-state index >= 15 is 0 Å². The first-order valence-corrected chi connectivity index (χ1v) is 7.21. The predicted octanol–water partition coefficient (Wildman–Crippen LogP) is 0.504. The number of aromatic nitrogens is 1. The van der Waals surface area contributed by atoms with E-state index in [0.29, 0.717) is 36.3 Å². The van der Waals surface area contributed by atoms with Crippen LogP contribution in [0.15, 0.2) is 23.0 Å². The van der Waals surface area contributed by atoms with Gasteiger partial charge in [0.25, 0.3) is 5.56 Å². The zero-order valence-electron chi connectivity index (χ0n) is 11.2. The predicted molar refractivity (Wildman–Crippen MR) is 72.0 cm³/mol. The van der Waals surface area contributed by atoms with Crippen LogP contribution in [0.1, 0.15) is 18.0 Å². The van der Waals surface area contributed by atoms with Crippen molar-refractivity contribution in [2.45, 2.75) is 24.9 Å². The lowest BCUT2D eigenvalue weighted by Gasteiger charge is -2.47. The summed E-state index contributed by atoms with van der Waals surface area (Å²) in [6.45, 7) is 2.15. The minimum atomic E-state index is 0.136. The number of pyridine rings is 1. The third-order valence-electron chi connectivity index (χ3n) is 5.68. The Morgan fingerprint density at radius 2 is 2.21 bits per heavy atom. The lowest BCUT2D eigenvalue weighted by molar-refractivity contribution is 0.0514. The molecule has 3 heterocycles. The molecule has 5 atom stereocenters. The Bertz CT molecular complexity index is 568. The number of fused-ring (bicyclic) bond motifs is 2. The number of nitrogens with zero attached hydrogens (tertiary/aromatic N) is 2. The normalized spacial score (nSPS) is 40.2. The minimum absolute atomic E-state index is 0.136. The fourth-order valence-electron chi connectivity index (χ4n) is 4.95. The average molecular weight is 260 g/mol. The summed E-state index contributed by atoms with van der Waals surface area (Å²) in [6.07, 6.45) is 1.08. The number of likely N-dealkylation sites (N-methyl/N-ethyl adjacent to an activating group) is 1. The summed E-state index contributed by atoms with van der Waals surface area (Å²) in [7, 11) is 2.19. The highest BCUT2D eigenvalue weighted by Gasteiger charge is 2.54. The van der Waals surface area contributed by atoms with E-state index in [-0.39, 0.29) is 5.56 Å². The fourth-order valence-corrected chi connectivity index (χ4v) is 4.95. The van der Waals surface area contributed by atoms with Gasteiger partial charge in [0.05, 0.1) is 0 Å². The molecule has 1 saturated heterocycles. The Balaban J connectivity index is 1.87. The molecule has 0 aromatic carbocycles. The van der Waals surface area contributed by atoms with Crippen molar-refractivity contribution in [1.82, 2.24) is 9.47 Å². The lowest BCUT2D eigenvalue weighted by Crippen LogP contribution is -2.52. The second kappa shape index (κ2) is 3.93. The molecule has 2 aliphatic heterocycles. The second-order valence-electron chi connectivity index (χ2n) is 6.43. The summed E-state index contributed by atoms with van der Waals surface area (Å²) in [6, 6.07) is 6.19. The average Bonchev–Trinajstić information content (AvgIpc) is 2.70. The maximum Gasteiger partial charge on any atom is 0.250 e. The highest BCUT2D eigenvalue weighted by atomic mass is 16.3. The van der Waals surface area contributed by atoms with Gasteiger partial charge in [0.2, 0.25) is 0 Å². The van der Waals surface area contributed by atoms with Gasteiger partial charge in [-0.2, -0.15) is 0 Å². The van der Waals surface area contributed by atoms with E-state index in [1.165, 1.54) is 5.69 Å². The molecule has 1 N–H and O–H groups in total. The molecule has 2 unspecified atom stereocenters. The van der Waals surface area contributed by atoms with Gasteiger partial charge in [-0.25, -0.2) is 0 Å². The molecule has 0 amide bonds. The molecule has 1 aromatic heterocycles. The lowest BCUT2D eigenvalue weighted by atomic mass is 9.71. The van der Waals surface area contributed by atoms with Crippen LogP contribution < -0.4 is 5.56 Å². The van der Waals surface area contributed by atoms with E-state index in [1.54, 1.807) is 6.07 Å². The van der Waals surface area contributed by atoms with Gasteiger partial charge in [-0.1, -0.05) is 6.07 Å². The molecule has 4 nitrogen and oxygen atoms in total. The summed E-state index contributed by atoms with van der Waals surface area (Å²) < 4.78 is 1.98. The van der Waals surface area contributed by atoms with E-state index in [9.17, 15) is 9.90 Å². The molecule has 1 aliphatic carbocycles. The van der Waals surface area contributed by atoms with E-state index in [2.05, 4.69) is 18.0 Å². The smallest absolute Gasteiger partial charge is 0.250 e. The van der Waals surface area contributed by atoms with Crippen LogP contribution in [0.5, 0.6) is 0 Å². The molecule has 102 valence electrons. The maximum absolute atomic E-state index is 12.1. The highest BCUT2D eigenvalue weighted by Crippen LogP contribution is 2.53. The SMILES string of the molecule is CN1C[C@@H]2c3cccc(=O)n3C[C@@H]3C1CC(CO)[C@@H]23. The van der Waals surface area contributed by atoms with Crippen LogP contribution in [-0.4, -0.2) is 40.8 Å². The number of hydrogen-bond acceptors (Lipinski definition) is 3. The van der Waals surface area contributed by atoms with Crippen molar-refractivity contribution in [3.05, 3.63) is 34.2 Å². The summed E-state index contributed by atoms with van der Waals surface area (Å²) in [5.41, 5.74) is 1.32. The molecule has 4 bridgehead atoms. The molecular formula is C15H20N2O2. The Morgan fingerprint density at radius 3 is 3.00 bits per heavy atom. The number of aliphatic hydroxyl groups is 1. The Morgan fingerprint density at radius 1 is 1.37 bits per heavy atom. The molecule has 19 heavy (non-hydrogen) atoms. The molecular weight excluding hydrogens is 240 g/mol. The van der Waals surface area contributed by atoms with Gasteiger partial charge in [0.15, 0.2) is 0 Å². The number of hydrogen-bond donors (Lipinski definition) is 1. The van der Waals surface area contributed by atoms with Crippen LogP contribution in [0.4, 0.5) is 0 Å². The summed E-state index contributed by atoms with van der Waals surface area (Å²) in [5, 5.41) is 9.67. The number of piperidine rings is 1. The third-order valence-corrected chi connectivity index (χ3v) is 5.68. The molecule has 0 spiro atoms. The number of rotatable bonds is 1. The molecule has 4 rings (SSSR count). The van der Waals surface area contributed by atoms with Crippen LogP contribution in [0, 0.1) is 17.8 Å². The van der Waals surface area contributed by atoms with Gasteiger partial charge in [-0.3, -0.25) is 4.79 Å². The van der Waals surface area contributed by atoms with Crippen LogP contribution >= 0.6 is 0 Å². The fraction of sp³-hybridized carbons (Fsp3) is 0.667. The molecule has 3 aliphatic rings. The van der Waals surface area contributed by atoms with Crippen LogP contribution in [0.25, 0.3) is 0 Å². The molecule has 2 fully saturated rings. The van der Waals surface area contributed by atoms with Crippen LogP contribution in [0.2, 0.25) is 0 Å². The van der Waals surface area contributed by atoms with Crippen molar-refractivity contribution >= 4 is 0 Å². The minimum Gasteiger partial charge on any atom is -0.396 e. The largest absolute Gasteiger partial charge is 0.396 e. The Kier molecular flexibility index (Phi) is 2.42. The van der Waals surface area contributed by atoms with E-state index in [1.807, 2.05) is 10.6 Å². The van der Waals surface area contributed by atoms with Crippen molar-refractivity contribution < 1.29 is 5.11 Å². The van der Waals surface area contributed by atoms with Crippen molar-refractivity contribution in [3.63, 3.8) is 0 Å². The third kappa shape index (κ3) is 1.44. The van der Waals surface area contributed by atoms with Gasteiger partial charge in [-0.15, -0.1) is 0 Å². The summed E-state index contributed by atoms with van der Waals surface area (Å²) >= 11 is 0. The topological polar surface area (TPSA) is 45.5 Å². The molecule has 1 aromatic rings. The van der Waals surface area contributed by atoms with Crippen LogP contribution in [-0.2, 0) is 6.54 Å². The van der Waals surface area contributed by atoms with Crippen molar-refractivity contribution in [2.24, 2.45) is 17.8 Å². The highest BCUT2D eigenvalue weighted by molar-refractivity contribution is 5.22. The van der Waals surface area contributed by atoms with Gasteiger partial charge in [0.1, 0.15) is 0 Å². The zero-order valence-corrected chi connectivity index (χ0v) is 11.2. The van der Waals surface area contributed by atoms with Gasteiger partial charge in [-0.05, 0) is 37.3 Å². The Hall–Kier alpha value is -1.13. The number of likely N-dealkylation sites (tertiary alicyclic amines) is 1. The van der Waals surface area contributed by atoms with E-state index in [0.717, 1.165) is 19.5 Å². The Labute approximate surface area is 112 Å². The van der Waals surface area contributed by atoms with Crippen molar-refractivity contribution in [1.29, 1.82) is 0 Å². The summed E-state index contributed by atoms with van der Waals surface area (Å²) in [4.78, 5) is 14.5. The monoisotopic (exact) mass is 260 g/mol. The zero-order chi connectivity index (χ0) is 13.1. The van der Waals surface area contributed by atoms with Crippen LogP contribution in [0.3, 0.4) is 0 Å². The molecule has 1 saturated carbocycles. The van der Waals surface area contributed by atoms with Gasteiger partial charge in [0, 0.05) is 43.4 Å². The quantitative estimate of drug-likeness (QED) is 0.800.